The summed E-state index contributed by atoms with van der Waals surface area (Å²) in [5.41, 5.74) is 5.12. The Labute approximate surface area is 102 Å². The molecule has 0 fully saturated rings. The minimum Gasteiger partial charge on any atom is -0.480 e. The number of nitrogens with zero attached hydrogens (tertiary/aromatic N) is 3. The monoisotopic (exact) mass is 252 g/mol. The first-order valence-electron chi connectivity index (χ1n) is 4.94. The van der Waals surface area contributed by atoms with Gasteiger partial charge in [0.2, 0.25) is 5.82 Å². The van der Waals surface area contributed by atoms with Gasteiger partial charge < -0.3 is 15.7 Å². The van der Waals surface area contributed by atoms with Crippen molar-refractivity contribution in [2.45, 2.75) is 0 Å². The largest absolute Gasteiger partial charge is 0.480 e. The number of carboxylic acids is 1. The molecule has 0 aromatic carbocycles. The smallest absolute Gasteiger partial charge is 0.323 e. The van der Waals surface area contributed by atoms with E-state index in [0.717, 1.165) is 0 Å². The molecule has 3 N–H and O–H groups in total. The molecule has 0 saturated carbocycles. The zero-order valence-corrected chi connectivity index (χ0v) is 9.44. The highest BCUT2D eigenvalue weighted by molar-refractivity contribution is 5.73. The summed E-state index contributed by atoms with van der Waals surface area (Å²) >= 11 is 0. The third-order valence-corrected chi connectivity index (χ3v) is 2.08. The maximum absolute atomic E-state index is 10.7. The van der Waals surface area contributed by atoms with Crippen molar-refractivity contribution in [3.05, 3.63) is 34.9 Å². The standard InChI is InChI=1S/C10H12N4O4/c1-2-5-13(6-9(15)16)8-4-3-7(14(17)18)10(11)12-8/h2-4H,1,5-6H2,(H2,11,12)(H,15,16). The van der Waals surface area contributed by atoms with Gasteiger partial charge in [0, 0.05) is 12.6 Å². The molecule has 0 saturated heterocycles. The van der Waals surface area contributed by atoms with Crippen LogP contribution in [0.5, 0.6) is 0 Å². The highest BCUT2D eigenvalue weighted by atomic mass is 16.6. The molecule has 0 atom stereocenters. The second kappa shape index (κ2) is 5.62. The summed E-state index contributed by atoms with van der Waals surface area (Å²) in [6, 6.07) is 2.54. The second-order valence-corrected chi connectivity index (χ2v) is 3.39. The predicted molar refractivity (Wildman–Crippen MR) is 65.3 cm³/mol. The molecule has 0 aliphatic heterocycles. The number of nitrogen functional groups attached to an aromatic ring is 1. The number of nitro groups is 1. The summed E-state index contributed by atoms with van der Waals surface area (Å²) < 4.78 is 0. The first-order chi connectivity index (χ1) is 8.45. The average Bonchev–Trinajstić information content (AvgIpc) is 2.27. The lowest BCUT2D eigenvalue weighted by Gasteiger charge is -2.19. The van der Waals surface area contributed by atoms with Crippen LogP contribution in [0.15, 0.2) is 24.8 Å². The fourth-order valence-electron chi connectivity index (χ4n) is 1.35. The van der Waals surface area contributed by atoms with Crippen LogP contribution in [0.4, 0.5) is 17.3 Å². The molecule has 0 unspecified atom stereocenters. The first kappa shape index (κ1) is 13.4. The molecular weight excluding hydrogens is 240 g/mol. The van der Waals surface area contributed by atoms with Gasteiger partial charge in [-0.3, -0.25) is 14.9 Å². The van der Waals surface area contributed by atoms with Crippen molar-refractivity contribution in [2.75, 3.05) is 23.7 Å². The van der Waals surface area contributed by atoms with Crippen LogP contribution in [0.3, 0.4) is 0 Å². The number of pyridine rings is 1. The SMILES string of the molecule is C=CCN(CC(=O)O)c1ccc([N+](=O)[O-])c(N)n1. The maximum atomic E-state index is 10.7. The Balaban J connectivity index is 3.06. The van der Waals surface area contributed by atoms with Crippen LogP contribution in [0.25, 0.3) is 0 Å². The molecule has 0 spiro atoms. The summed E-state index contributed by atoms with van der Waals surface area (Å²) in [5.74, 6) is -1.05. The van der Waals surface area contributed by atoms with Gasteiger partial charge in [-0.15, -0.1) is 6.58 Å². The lowest BCUT2D eigenvalue weighted by Crippen LogP contribution is -2.30. The highest BCUT2D eigenvalue weighted by Gasteiger charge is 2.16. The summed E-state index contributed by atoms with van der Waals surface area (Å²) in [7, 11) is 0. The van der Waals surface area contributed by atoms with E-state index in [1.165, 1.54) is 23.1 Å². The molecule has 1 aromatic heterocycles. The van der Waals surface area contributed by atoms with E-state index >= 15 is 0 Å². The van der Waals surface area contributed by atoms with Gasteiger partial charge >= 0.3 is 11.7 Å². The molecule has 8 heteroatoms. The number of rotatable bonds is 6. The minimum atomic E-state index is -1.05. The van der Waals surface area contributed by atoms with Gasteiger partial charge in [0.05, 0.1) is 4.92 Å². The van der Waals surface area contributed by atoms with E-state index in [-0.39, 0.29) is 30.4 Å². The lowest BCUT2D eigenvalue weighted by molar-refractivity contribution is -0.384. The Kier molecular flexibility index (Phi) is 4.19. The number of hydrogen-bond acceptors (Lipinski definition) is 6. The predicted octanol–water partition coefficient (Wildman–Crippen LogP) is 0.649. The van der Waals surface area contributed by atoms with Crippen LogP contribution < -0.4 is 10.6 Å². The maximum Gasteiger partial charge on any atom is 0.323 e. The lowest BCUT2D eigenvalue weighted by atomic mass is 10.3. The number of carbonyl (C=O) groups is 1. The third kappa shape index (κ3) is 3.17. The molecule has 8 nitrogen and oxygen atoms in total. The average molecular weight is 252 g/mol. The summed E-state index contributed by atoms with van der Waals surface area (Å²) in [6.45, 7) is 3.45. The van der Waals surface area contributed by atoms with E-state index in [1.807, 2.05) is 0 Å². The van der Waals surface area contributed by atoms with Crippen molar-refractivity contribution < 1.29 is 14.8 Å². The Hall–Kier alpha value is -2.64. The second-order valence-electron chi connectivity index (χ2n) is 3.39. The molecule has 0 aliphatic rings. The van der Waals surface area contributed by atoms with Gasteiger partial charge in [-0.1, -0.05) is 6.08 Å². The van der Waals surface area contributed by atoms with Gasteiger partial charge in [-0.25, -0.2) is 4.98 Å². The summed E-state index contributed by atoms with van der Waals surface area (Å²) in [4.78, 5) is 25.8. The number of carboxylic acid groups (broad SMARTS) is 1. The number of hydrogen-bond donors (Lipinski definition) is 2. The van der Waals surface area contributed by atoms with Crippen LogP contribution in [0.2, 0.25) is 0 Å². The fourth-order valence-corrected chi connectivity index (χ4v) is 1.35. The molecule has 1 heterocycles. The number of aromatic nitrogens is 1. The van der Waals surface area contributed by atoms with Gasteiger partial charge in [0.1, 0.15) is 12.4 Å². The molecule has 96 valence electrons. The topological polar surface area (TPSA) is 123 Å². The Morgan fingerprint density at radius 3 is 2.78 bits per heavy atom. The Morgan fingerprint density at radius 2 is 2.33 bits per heavy atom. The highest BCUT2D eigenvalue weighted by Crippen LogP contribution is 2.22. The summed E-state index contributed by atoms with van der Waals surface area (Å²) in [5, 5.41) is 19.3. The molecule has 18 heavy (non-hydrogen) atoms. The van der Waals surface area contributed by atoms with Gasteiger partial charge in [0.25, 0.3) is 0 Å². The van der Waals surface area contributed by atoms with Crippen molar-refractivity contribution >= 4 is 23.3 Å². The van der Waals surface area contributed by atoms with Crippen molar-refractivity contribution in [3.8, 4) is 0 Å². The van der Waals surface area contributed by atoms with Crippen molar-refractivity contribution in [3.63, 3.8) is 0 Å². The molecule has 1 rings (SSSR count). The van der Waals surface area contributed by atoms with Crippen LogP contribution in [-0.4, -0.2) is 34.1 Å². The minimum absolute atomic E-state index is 0.247. The quantitative estimate of drug-likeness (QED) is 0.432. The number of aliphatic carboxylic acids is 1. The normalized spacial score (nSPS) is 9.78. The van der Waals surface area contributed by atoms with E-state index in [4.69, 9.17) is 10.8 Å². The first-order valence-corrected chi connectivity index (χ1v) is 4.94. The third-order valence-electron chi connectivity index (χ3n) is 2.08. The van der Waals surface area contributed by atoms with E-state index in [9.17, 15) is 14.9 Å². The number of nitrogens with two attached hydrogens (primary N) is 1. The fraction of sp³-hybridized carbons (Fsp3) is 0.200. The molecule has 0 bridgehead atoms. The zero-order valence-electron chi connectivity index (χ0n) is 9.44. The van der Waals surface area contributed by atoms with Crippen molar-refractivity contribution in [1.29, 1.82) is 0 Å². The van der Waals surface area contributed by atoms with Crippen LogP contribution in [-0.2, 0) is 4.79 Å². The van der Waals surface area contributed by atoms with Crippen LogP contribution in [0, 0.1) is 10.1 Å². The Bertz CT molecular complexity index is 489. The molecule has 0 radical (unpaired) electrons. The van der Waals surface area contributed by atoms with Crippen molar-refractivity contribution in [2.24, 2.45) is 0 Å². The van der Waals surface area contributed by atoms with Crippen LogP contribution >= 0.6 is 0 Å². The van der Waals surface area contributed by atoms with E-state index < -0.39 is 10.9 Å². The van der Waals surface area contributed by atoms with Crippen molar-refractivity contribution in [1.82, 2.24) is 4.98 Å². The number of anilines is 2. The molecular formula is C10H12N4O4. The molecule has 1 aromatic rings. The molecule has 0 amide bonds. The van der Waals surface area contributed by atoms with E-state index in [1.54, 1.807) is 0 Å². The van der Waals surface area contributed by atoms with Crippen LogP contribution in [0.1, 0.15) is 0 Å². The van der Waals surface area contributed by atoms with Gasteiger partial charge in [0.15, 0.2) is 0 Å². The van der Waals surface area contributed by atoms with E-state index in [0.29, 0.717) is 0 Å². The Morgan fingerprint density at radius 1 is 1.67 bits per heavy atom. The van der Waals surface area contributed by atoms with E-state index in [2.05, 4.69) is 11.6 Å². The summed E-state index contributed by atoms with van der Waals surface area (Å²) in [6.07, 6.45) is 1.50. The molecule has 0 aliphatic carbocycles. The van der Waals surface area contributed by atoms with Gasteiger partial charge in [-0.2, -0.15) is 0 Å². The van der Waals surface area contributed by atoms with Gasteiger partial charge in [-0.05, 0) is 6.07 Å². The zero-order chi connectivity index (χ0) is 13.7.